The molecule has 20 heavy (non-hydrogen) atoms. The van der Waals surface area contributed by atoms with Crippen LogP contribution in [0.1, 0.15) is 22.6 Å². The molecular weight excluding hydrogens is 274 g/mol. The molecule has 6 nitrogen and oxygen atoms in total. The Labute approximate surface area is 121 Å². The summed E-state index contributed by atoms with van der Waals surface area (Å²) in [7, 11) is 0. The molecule has 2 rings (SSSR count). The number of oxime groups is 1. The minimum atomic E-state index is 0.0325. The van der Waals surface area contributed by atoms with Crippen LogP contribution in [-0.2, 0) is 0 Å². The first-order valence-corrected chi connectivity index (χ1v) is 6.76. The predicted octanol–water partition coefficient (Wildman–Crippen LogP) is 2.04. The summed E-state index contributed by atoms with van der Waals surface area (Å²) in [5.74, 6) is 0.0325. The third-order valence-electron chi connectivity index (χ3n) is 2.63. The third kappa shape index (κ3) is 3.05. The highest BCUT2D eigenvalue weighted by Gasteiger charge is 2.15. The average molecular weight is 289 g/mol. The lowest BCUT2D eigenvalue weighted by molar-refractivity contribution is 0.318. The molecule has 0 spiro atoms. The number of aromatic nitrogens is 3. The van der Waals surface area contributed by atoms with Gasteiger partial charge in [0.2, 0.25) is 0 Å². The second-order valence-electron chi connectivity index (χ2n) is 4.29. The second kappa shape index (κ2) is 5.87. The van der Waals surface area contributed by atoms with Gasteiger partial charge < -0.3 is 10.9 Å². The molecule has 3 N–H and O–H groups in total. The smallest absolute Gasteiger partial charge is 0.192 e. The molecule has 0 bridgehead atoms. The van der Waals surface area contributed by atoms with Crippen LogP contribution in [0, 0.1) is 20.8 Å². The van der Waals surface area contributed by atoms with Crippen molar-refractivity contribution in [1.29, 1.82) is 0 Å². The van der Waals surface area contributed by atoms with Gasteiger partial charge in [-0.3, -0.25) is 4.98 Å². The summed E-state index contributed by atoms with van der Waals surface area (Å²) < 4.78 is 0. The van der Waals surface area contributed by atoms with E-state index in [4.69, 9.17) is 10.9 Å². The fourth-order valence-electron chi connectivity index (χ4n) is 1.81. The maximum Gasteiger partial charge on any atom is 0.192 e. The Bertz CT molecular complexity index is 672. The molecule has 7 heteroatoms. The second-order valence-corrected chi connectivity index (χ2v) is 5.30. The molecule has 104 valence electrons. The fourth-order valence-corrected chi connectivity index (χ4v) is 2.89. The zero-order chi connectivity index (χ0) is 14.7. The molecular formula is C13H15N5OS. The van der Waals surface area contributed by atoms with Gasteiger partial charge in [-0.05, 0) is 44.7 Å². The van der Waals surface area contributed by atoms with Crippen molar-refractivity contribution in [3.05, 3.63) is 41.0 Å². The number of hydrogen-bond acceptors (Lipinski definition) is 6. The number of hydrogen-bond donors (Lipinski definition) is 2. The van der Waals surface area contributed by atoms with Crippen LogP contribution in [0.3, 0.4) is 0 Å². The maximum atomic E-state index is 8.91. The SMILES string of the molecule is Cc1ccnc(Sc2cc(C)nc(C)c2/C(N)=N/O)n1. The van der Waals surface area contributed by atoms with Gasteiger partial charge in [-0.15, -0.1) is 0 Å². The predicted molar refractivity (Wildman–Crippen MR) is 77.1 cm³/mol. The van der Waals surface area contributed by atoms with Gasteiger partial charge in [0.05, 0.1) is 5.56 Å². The summed E-state index contributed by atoms with van der Waals surface area (Å²) in [5, 5.41) is 12.6. The lowest BCUT2D eigenvalue weighted by Crippen LogP contribution is -2.17. The molecule has 2 aromatic heterocycles. The van der Waals surface area contributed by atoms with Crippen LogP contribution in [0.15, 0.2) is 33.5 Å². The van der Waals surface area contributed by atoms with E-state index < -0.39 is 0 Å². The number of amidine groups is 1. The lowest BCUT2D eigenvalue weighted by Gasteiger charge is -2.11. The Morgan fingerprint density at radius 3 is 2.65 bits per heavy atom. The molecule has 0 atom stereocenters. The molecule has 0 radical (unpaired) electrons. The van der Waals surface area contributed by atoms with Crippen molar-refractivity contribution >= 4 is 17.6 Å². The van der Waals surface area contributed by atoms with Crippen molar-refractivity contribution in [3.63, 3.8) is 0 Å². The summed E-state index contributed by atoms with van der Waals surface area (Å²) in [4.78, 5) is 13.7. The lowest BCUT2D eigenvalue weighted by atomic mass is 10.1. The molecule has 0 aliphatic heterocycles. The minimum absolute atomic E-state index is 0.0325. The van der Waals surface area contributed by atoms with Gasteiger partial charge in [-0.2, -0.15) is 0 Å². The zero-order valence-electron chi connectivity index (χ0n) is 11.5. The van der Waals surface area contributed by atoms with Crippen LogP contribution in [0.5, 0.6) is 0 Å². The van der Waals surface area contributed by atoms with Crippen LogP contribution >= 0.6 is 11.8 Å². The van der Waals surface area contributed by atoms with E-state index in [1.807, 2.05) is 32.9 Å². The van der Waals surface area contributed by atoms with Crippen molar-refractivity contribution in [1.82, 2.24) is 15.0 Å². The highest BCUT2D eigenvalue weighted by atomic mass is 32.2. The van der Waals surface area contributed by atoms with Gasteiger partial charge in [-0.25, -0.2) is 9.97 Å². The maximum absolute atomic E-state index is 8.91. The Morgan fingerprint density at radius 2 is 2.00 bits per heavy atom. The van der Waals surface area contributed by atoms with Crippen molar-refractivity contribution in [2.45, 2.75) is 30.8 Å². The Hall–Kier alpha value is -2.15. The minimum Gasteiger partial charge on any atom is -0.409 e. The molecule has 0 aliphatic rings. The monoisotopic (exact) mass is 289 g/mol. The molecule has 0 amide bonds. The fraction of sp³-hybridized carbons (Fsp3) is 0.231. The van der Waals surface area contributed by atoms with E-state index in [9.17, 15) is 0 Å². The quantitative estimate of drug-likeness (QED) is 0.295. The molecule has 2 heterocycles. The highest BCUT2D eigenvalue weighted by Crippen LogP contribution is 2.29. The largest absolute Gasteiger partial charge is 0.409 e. The summed E-state index contributed by atoms with van der Waals surface area (Å²) in [5.41, 5.74) is 8.78. The van der Waals surface area contributed by atoms with Crippen LogP contribution in [0.4, 0.5) is 0 Å². The first-order valence-electron chi connectivity index (χ1n) is 5.95. The van der Waals surface area contributed by atoms with E-state index in [0.29, 0.717) is 16.4 Å². The van der Waals surface area contributed by atoms with Gasteiger partial charge in [0, 0.05) is 28.2 Å². The number of nitrogens with two attached hydrogens (primary N) is 1. The van der Waals surface area contributed by atoms with Gasteiger partial charge >= 0.3 is 0 Å². The first-order chi connectivity index (χ1) is 9.51. The van der Waals surface area contributed by atoms with E-state index in [1.54, 1.807) is 6.20 Å². The standard InChI is InChI=1S/C13H15N5OS/c1-7-4-5-15-13(17-7)20-10-6-8(2)16-9(3)11(10)12(14)18-19/h4-6,19H,1-3H3,(H2,14,18). The van der Waals surface area contributed by atoms with Crippen molar-refractivity contribution < 1.29 is 5.21 Å². The molecule has 0 saturated heterocycles. The van der Waals surface area contributed by atoms with E-state index >= 15 is 0 Å². The molecule has 0 saturated carbocycles. The first kappa shape index (κ1) is 14.3. The van der Waals surface area contributed by atoms with Crippen LogP contribution < -0.4 is 5.73 Å². The Balaban J connectivity index is 2.50. The third-order valence-corrected chi connectivity index (χ3v) is 3.55. The summed E-state index contributed by atoms with van der Waals surface area (Å²) in [6.45, 7) is 5.62. The van der Waals surface area contributed by atoms with E-state index in [1.165, 1.54) is 11.8 Å². The van der Waals surface area contributed by atoms with Crippen molar-refractivity contribution in [2.75, 3.05) is 0 Å². The van der Waals surface area contributed by atoms with Gasteiger partial charge in [0.25, 0.3) is 0 Å². The number of aryl methyl sites for hydroxylation is 3. The van der Waals surface area contributed by atoms with Crippen LogP contribution in [0.2, 0.25) is 0 Å². The molecule has 0 aliphatic carbocycles. The summed E-state index contributed by atoms with van der Waals surface area (Å²) >= 11 is 1.37. The Morgan fingerprint density at radius 1 is 1.25 bits per heavy atom. The highest BCUT2D eigenvalue weighted by molar-refractivity contribution is 7.99. The van der Waals surface area contributed by atoms with E-state index in [0.717, 1.165) is 16.3 Å². The topological polar surface area (TPSA) is 97.3 Å². The number of rotatable bonds is 3. The summed E-state index contributed by atoms with van der Waals surface area (Å²) in [6.07, 6.45) is 1.70. The van der Waals surface area contributed by atoms with Crippen molar-refractivity contribution in [3.8, 4) is 0 Å². The van der Waals surface area contributed by atoms with Gasteiger partial charge in [0.1, 0.15) is 0 Å². The number of pyridine rings is 1. The van der Waals surface area contributed by atoms with E-state index in [-0.39, 0.29) is 5.84 Å². The average Bonchev–Trinajstić information content (AvgIpc) is 2.37. The molecule has 0 fully saturated rings. The van der Waals surface area contributed by atoms with Crippen molar-refractivity contribution in [2.24, 2.45) is 10.9 Å². The van der Waals surface area contributed by atoms with E-state index in [2.05, 4.69) is 20.1 Å². The van der Waals surface area contributed by atoms with Crippen LogP contribution in [0.25, 0.3) is 0 Å². The molecule has 0 aromatic carbocycles. The van der Waals surface area contributed by atoms with Gasteiger partial charge in [0.15, 0.2) is 11.0 Å². The molecule has 2 aromatic rings. The zero-order valence-corrected chi connectivity index (χ0v) is 12.3. The molecule has 0 unspecified atom stereocenters. The van der Waals surface area contributed by atoms with Crippen LogP contribution in [-0.4, -0.2) is 26.0 Å². The number of nitrogens with zero attached hydrogens (tertiary/aromatic N) is 4. The summed E-state index contributed by atoms with van der Waals surface area (Å²) in [6, 6.07) is 3.70. The Kier molecular flexibility index (Phi) is 4.19. The van der Waals surface area contributed by atoms with Gasteiger partial charge in [-0.1, -0.05) is 5.16 Å². The normalized spacial score (nSPS) is 11.7.